The van der Waals surface area contributed by atoms with Gasteiger partial charge in [0.05, 0.1) is 24.7 Å². The van der Waals surface area contributed by atoms with E-state index in [9.17, 15) is 4.79 Å². The molecule has 0 spiro atoms. The summed E-state index contributed by atoms with van der Waals surface area (Å²) in [6.07, 6.45) is 3.37. The third-order valence-electron chi connectivity index (χ3n) is 4.17. The monoisotopic (exact) mass is 314 g/mol. The molecule has 3 heterocycles. The molecule has 6 nitrogen and oxygen atoms in total. The van der Waals surface area contributed by atoms with Gasteiger partial charge in [-0.1, -0.05) is 6.92 Å². The quantitative estimate of drug-likeness (QED) is 0.911. The van der Waals surface area contributed by atoms with Crippen LogP contribution in [0, 0.1) is 0 Å². The first-order valence-electron chi connectivity index (χ1n) is 8.00. The lowest BCUT2D eigenvalue weighted by molar-refractivity contribution is 0.0943. The summed E-state index contributed by atoms with van der Waals surface area (Å²) in [5.74, 6) is 0.535. The number of likely N-dealkylation sites (N-methyl/N-ethyl adjacent to an activating group) is 1. The summed E-state index contributed by atoms with van der Waals surface area (Å²) in [7, 11) is 0. The molecule has 1 N–H and O–H groups in total. The molecule has 0 unspecified atom stereocenters. The van der Waals surface area contributed by atoms with E-state index in [1.807, 2.05) is 12.1 Å². The van der Waals surface area contributed by atoms with Crippen molar-refractivity contribution in [3.8, 4) is 0 Å². The van der Waals surface area contributed by atoms with Crippen LogP contribution in [0.3, 0.4) is 0 Å². The second-order valence-corrected chi connectivity index (χ2v) is 5.58. The van der Waals surface area contributed by atoms with Crippen molar-refractivity contribution < 1.29 is 9.21 Å². The Kier molecular flexibility index (Phi) is 4.92. The number of hydrogen-bond acceptors (Lipinski definition) is 5. The van der Waals surface area contributed by atoms with Crippen molar-refractivity contribution >= 4 is 11.6 Å². The molecule has 0 radical (unpaired) electrons. The third-order valence-corrected chi connectivity index (χ3v) is 4.17. The van der Waals surface area contributed by atoms with Crippen LogP contribution < -0.4 is 10.2 Å². The van der Waals surface area contributed by atoms with Gasteiger partial charge in [0.2, 0.25) is 0 Å². The zero-order valence-corrected chi connectivity index (χ0v) is 13.4. The zero-order chi connectivity index (χ0) is 16.1. The summed E-state index contributed by atoms with van der Waals surface area (Å²) < 4.78 is 5.19. The molecule has 1 amide bonds. The van der Waals surface area contributed by atoms with Crippen molar-refractivity contribution in [2.24, 2.45) is 0 Å². The number of piperazine rings is 1. The van der Waals surface area contributed by atoms with Gasteiger partial charge in [-0.05, 0) is 30.8 Å². The Bertz CT molecular complexity index is 617. The molecule has 23 heavy (non-hydrogen) atoms. The Labute approximate surface area is 136 Å². The van der Waals surface area contributed by atoms with Crippen LogP contribution in [0.5, 0.6) is 0 Å². The Balaban J connectivity index is 1.55. The minimum Gasteiger partial charge on any atom is -0.467 e. The first-order chi connectivity index (χ1) is 11.3. The number of aromatic nitrogens is 1. The lowest BCUT2D eigenvalue weighted by Gasteiger charge is -2.35. The number of rotatable bonds is 5. The summed E-state index contributed by atoms with van der Waals surface area (Å²) >= 11 is 0. The van der Waals surface area contributed by atoms with Crippen molar-refractivity contribution in [3.63, 3.8) is 0 Å². The summed E-state index contributed by atoms with van der Waals surface area (Å²) in [6, 6.07) is 7.37. The van der Waals surface area contributed by atoms with Crippen molar-refractivity contribution in [1.82, 2.24) is 15.2 Å². The molecular weight excluding hydrogens is 292 g/mol. The van der Waals surface area contributed by atoms with Crippen LogP contribution in [-0.2, 0) is 6.54 Å². The molecular formula is C17H22N4O2. The average molecular weight is 314 g/mol. The van der Waals surface area contributed by atoms with Gasteiger partial charge in [-0.25, -0.2) is 4.98 Å². The lowest BCUT2D eigenvalue weighted by atomic mass is 10.2. The van der Waals surface area contributed by atoms with Gasteiger partial charge in [0.1, 0.15) is 11.5 Å². The molecule has 1 saturated heterocycles. The number of hydrogen-bond donors (Lipinski definition) is 1. The van der Waals surface area contributed by atoms with Gasteiger partial charge in [-0.3, -0.25) is 4.79 Å². The first kappa shape index (κ1) is 15.6. The maximum Gasteiger partial charge on any atom is 0.270 e. The summed E-state index contributed by atoms with van der Waals surface area (Å²) in [5.41, 5.74) is 1.50. The van der Waals surface area contributed by atoms with E-state index in [1.54, 1.807) is 24.6 Å². The van der Waals surface area contributed by atoms with E-state index in [1.165, 1.54) is 0 Å². The summed E-state index contributed by atoms with van der Waals surface area (Å²) in [4.78, 5) is 21.1. The predicted octanol–water partition coefficient (Wildman–Crippen LogP) is 1.75. The smallest absolute Gasteiger partial charge is 0.270 e. The fraction of sp³-hybridized carbons (Fsp3) is 0.412. The largest absolute Gasteiger partial charge is 0.467 e. The molecule has 1 aliphatic rings. The van der Waals surface area contributed by atoms with Gasteiger partial charge in [-0.15, -0.1) is 0 Å². The van der Waals surface area contributed by atoms with Crippen molar-refractivity contribution in [3.05, 3.63) is 48.2 Å². The second kappa shape index (κ2) is 7.28. The van der Waals surface area contributed by atoms with Crippen molar-refractivity contribution in [2.75, 3.05) is 37.6 Å². The second-order valence-electron chi connectivity index (χ2n) is 5.58. The number of furan rings is 1. The van der Waals surface area contributed by atoms with E-state index in [4.69, 9.17) is 4.42 Å². The van der Waals surface area contributed by atoms with Gasteiger partial charge in [0.25, 0.3) is 5.91 Å². The molecule has 0 aromatic carbocycles. The first-order valence-corrected chi connectivity index (χ1v) is 8.00. The van der Waals surface area contributed by atoms with Crippen LogP contribution in [0.25, 0.3) is 0 Å². The minimum absolute atomic E-state index is 0.191. The van der Waals surface area contributed by atoms with Gasteiger partial charge in [0, 0.05) is 26.2 Å². The maximum absolute atomic E-state index is 12.1. The van der Waals surface area contributed by atoms with Crippen LogP contribution in [0.2, 0.25) is 0 Å². The van der Waals surface area contributed by atoms with E-state index in [0.717, 1.165) is 44.2 Å². The Hall–Kier alpha value is -2.34. The van der Waals surface area contributed by atoms with Gasteiger partial charge in [-0.2, -0.15) is 0 Å². The SMILES string of the molecule is CCN1CCN(c2ccc(C(=O)NCc3ccco3)nc2)CC1. The standard InChI is InChI=1S/C17H22N4O2/c1-2-20-7-9-21(10-8-20)14-5-6-16(18-12-14)17(22)19-13-15-4-3-11-23-15/h3-6,11-12H,2,7-10,13H2,1H3,(H,19,22). The summed E-state index contributed by atoms with van der Waals surface area (Å²) in [5, 5.41) is 2.80. The number of nitrogens with one attached hydrogen (secondary N) is 1. The van der Waals surface area contributed by atoms with Gasteiger partial charge in [0.15, 0.2) is 0 Å². The molecule has 6 heteroatoms. The Morgan fingerprint density at radius 3 is 2.70 bits per heavy atom. The highest BCUT2D eigenvalue weighted by Gasteiger charge is 2.16. The molecule has 1 aliphatic heterocycles. The third kappa shape index (κ3) is 3.90. The number of anilines is 1. The van der Waals surface area contributed by atoms with Crippen molar-refractivity contribution in [1.29, 1.82) is 0 Å². The molecule has 0 bridgehead atoms. The Morgan fingerprint density at radius 2 is 2.09 bits per heavy atom. The molecule has 0 aliphatic carbocycles. The lowest BCUT2D eigenvalue weighted by Crippen LogP contribution is -2.46. The van der Waals surface area contributed by atoms with Crippen LogP contribution in [0.1, 0.15) is 23.2 Å². The molecule has 3 rings (SSSR count). The highest BCUT2D eigenvalue weighted by Crippen LogP contribution is 2.15. The number of nitrogens with zero attached hydrogens (tertiary/aromatic N) is 3. The highest BCUT2D eigenvalue weighted by atomic mass is 16.3. The normalized spacial score (nSPS) is 15.6. The van der Waals surface area contributed by atoms with E-state index < -0.39 is 0 Å². The molecule has 2 aromatic rings. The van der Waals surface area contributed by atoms with Gasteiger partial charge >= 0.3 is 0 Å². The number of amides is 1. The molecule has 0 atom stereocenters. The minimum atomic E-state index is -0.191. The molecule has 122 valence electrons. The average Bonchev–Trinajstić information content (AvgIpc) is 3.13. The molecule has 2 aromatic heterocycles. The highest BCUT2D eigenvalue weighted by molar-refractivity contribution is 5.92. The van der Waals surface area contributed by atoms with E-state index in [0.29, 0.717) is 12.2 Å². The fourth-order valence-corrected chi connectivity index (χ4v) is 2.70. The number of carbonyl (C=O) groups is 1. The van der Waals surface area contributed by atoms with Crippen LogP contribution in [0.15, 0.2) is 41.1 Å². The fourth-order valence-electron chi connectivity index (χ4n) is 2.70. The van der Waals surface area contributed by atoms with E-state index in [2.05, 4.69) is 27.0 Å². The topological polar surface area (TPSA) is 61.6 Å². The van der Waals surface area contributed by atoms with E-state index >= 15 is 0 Å². The molecule has 1 fully saturated rings. The predicted molar refractivity (Wildman–Crippen MR) is 88.4 cm³/mol. The van der Waals surface area contributed by atoms with Crippen LogP contribution in [0.4, 0.5) is 5.69 Å². The van der Waals surface area contributed by atoms with E-state index in [-0.39, 0.29) is 5.91 Å². The van der Waals surface area contributed by atoms with Crippen LogP contribution >= 0.6 is 0 Å². The maximum atomic E-state index is 12.1. The Morgan fingerprint density at radius 1 is 1.26 bits per heavy atom. The number of carbonyl (C=O) groups excluding carboxylic acids is 1. The van der Waals surface area contributed by atoms with Crippen molar-refractivity contribution in [2.45, 2.75) is 13.5 Å². The molecule has 0 saturated carbocycles. The van der Waals surface area contributed by atoms with Gasteiger partial charge < -0.3 is 19.5 Å². The zero-order valence-electron chi connectivity index (χ0n) is 13.4. The number of pyridine rings is 1. The van der Waals surface area contributed by atoms with Crippen LogP contribution in [-0.4, -0.2) is 48.5 Å². The summed E-state index contributed by atoms with van der Waals surface area (Å²) in [6.45, 7) is 7.80.